The molecular formula is C50H54N10O6S2. The molecule has 0 aliphatic carbocycles. The summed E-state index contributed by atoms with van der Waals surface area (Å²) in [6, 6.07) is 12.7. The molecule has 8 heterocycles. The number of nitrogen functional groups attached to an aromatic ring is 2. The molecule has 68 heavy (non-hydrogen) atoms. The molecule has 352 valence electrons. The summed E-state index contributed by atoms with van der Waals surface area (Å²) in [6.45, 7) is 14.7. The van der Waals surface area contributed by atoms with Gasteiger partial charge in [-0.1, -0.05) is 25.3 Å². The van der Waals surface area contributed by atoms with Crippen LogP contribution in [0.5, 0.6) is 11.5 Å². The first-order valence-corrected chi connectivity index (χ1v) is 23.8. The molecule has 10 rings (SSSR count). The lowest BCUT2D eigenvalue weighted by molar-refractivity contribution is -0.125. The van der Waals surface area contributed by atoms with Gasteiger partial charge in [0.05, 0.1) is 48.2 Å². The minimum Gasteiger partial charge on any atom is -0.495 e. The summed E-state index contributed by atoms with van der Waals surface area (Å²) in [5.41, 5.74) is 22.7. The van der Waals surface area contributed by atoms with E-state index in [1.54, 1.807) is 51.1 Å². The molecule has 16 nitrogen and oxygen atoms in total. The van der Waals surface area contributed by atoms with Crippen LogP contribution in [0, 0.1) is 13.8 Å². The highest BCUT2D eigenvalue weighted by Crippen LogP contribution is 2.48. The molecule has 0 spiro atoms. The van der Waals surface area contributed by atoms with E-state index in [9.17, 15) is 9.59 Å². The summed E-state index contributed by atoms with van der Waals surface area (Å²) in [5, 5.41) is 11.4. The first-order chi connectivity index (χ1) is 32.9. The van der Waals surface area contributed by atoms with Crippen LogP contribution in [-0.4, -0.2) is 105 Å². The molecule has 2 aromatic carbocycles. The number of carbonyl (C=O) groups is 2. The molecule has 4 N–H and O–H groups in total. The molecule has 8 aromatic rings. The molecular weight excluding hydrogens is 901 g/mol. The molecule has 0 radical (unpaired) electrons. The predicted molar refractivity (Wildman–Crippen MR) is 269 cm³/mol. The first kappa shape index (κ1) is 46.3. The Hall–Kier alpha value is -6.86. The monoisotopic (exact) mass is 954 g/mol. The minimum absolute atomic E-state index is 0.0574. The molecule has 2 aliphatic rings. The molecule has 6 aromatic heterocycles. The Morgan fingerprint density at radius 2 is 1.09 bits per heavy atom. The number of likely N-dealkylation sites (tertiary alicyclic amines) is 2. The molecule has 18 heteroatoms. The lowest BCUT2D eigenvalue weighted by atomic mass is 9.98. The van der Waals surface area contributed by atoms with Gasteiger partial charge in [-0.2, -0.15) is 10.2 Å². The van der Waals surface area contributed by atoms with Crippen molar-refractivity contribution in [3.63, 3.8) is 0 Å². The van der Waals surface area contributed by atoms with Crippen molar-refractivity contribution in [2.75, 3.05) is 66.1 Å². The first-order valence-electron chi connectivity index (χ1n) is 22.2. The van der Waals surface area contributed by atoms with Crippen molar-refractivity contribution in [2.45, 2.75) is 51.7 Å². The number of hydrogen-bond donors (Lipinski definition) is 2. The zero-order valence-corrected chi connectivity index (χ0v) is 40.6. The Morgan fingerprint density at radius 1 is 0.676 bits per heavy atom. The van der Waals surface area contributed by atoms with Crippen molar-refractivity contribution >= 4 is 77.3 Å². The number of aryl methyl sites for hydroxylation is 2. The number of methoxy groups -OCH3 is 4. The molecule has 0 saturated carbocycles. The topological polar surface area (TPSA) is 190 Å². The summed E-state index contributed by atoms with van der Waals surface area (Å²) in [7, 11) is 6.75. The van der Waals surface area contributed by atoms with Gasteiger partial charge in [0.15, 0.2) is 11.6 Å². The molecule has 2 saturated heterocycles. The van der Waals surface area contributed by atoms with Gasteiger partial charge < -0.3 is 40.2 Å². The average Bonchev–Trinajstić information content (AvgIpc) is 4.20. The van der Waals surface area contributed by atoms with Crippen molar-refractivity contribution in [3.8, 4) is 32.4 Å². The van der Waals surface area contributed by atoms with Gasteiger partial charge in [-0.05, 0) is 85.0 Å². The lowest BCUT2D eigenvalue weighted by Gasteiger charge is -2.15. The van der Waals surface area contributed by atoms with Gasteiger partial charge in [0.1, 0.15) is 35.2 Å². The fourth-order valence-electron chi connectivity index (χ4n) is 10.0. The Labute approximate surface area is 401 Å². The van der Waals surface area contributed by atoms with Gasteiger partial charge in [0.25, 0.3) is 0 Å². The van der Waals surface area contributed by atoms with Crippen LogP contribution in [0.15, 0.2) is 74.4 Å². The van der Waals surface area contributed by atoms with Crippen LogP contribution in [0.4, 0.5) is 11.6 Å². The van der Waals surface area contributed by atoms with Crippen molar-refractivity contribution in [1.29, 1.82) is 0 Å². The highest BCUT2D eigenvalue weighted by Gasteiger charge is 2.36. The van der Waals surface area contributed by atoms with E-state index in [4.69, 9.17) is 30.4 Å². The number of nitrogens with two attached hydrogens (primary N) is 2. The third-order valence-electron chi connectivity index (χ3n) is 12.9. The Kier molecular flexibility index (Phi) is 12.9. The Balaban J connectivity index is 0.000000170. The number of amides is 2. The fourth-order valence-corrected chi connectivity index (χ4v) is 12.4. The van der Waals surface area contributed by atoms with Crippen LogP contribution in [0.25, 0.3) is 52.1 Å². The second kappa shape index (κ2) is 19.0. The van der Waals surface area contributed by atoms with Gasteiger partial charge in [-0.3, -0.25) is 9.59 Å². The van der Waals surface area contributed by atoms with E-state index < -0.39 is 0 Å². The van der Waals surface area contributed by atoms with E-state index in [-0.39, 0.29) is 23.7 Å². The third-order valence-corrected chi connectivity index (χ3v) is 15.2. The number of fused-ring (bicyclic) bond motifs is 4. The van der Waals surface area contributed by atoms with Crippen LogP contribution >= 0.6 is 22.7 Å². The van der Waals surface area contributed by atoms with Gasteiger partial charge in [-0.25, -0.2) is 19.0 Å². The maximum atomic E-state index is 12.3. The number of thiophene rings is 2. The number of hydrogen-bond acceptors (Lipinski definition) is 14. The van der Waals surface area contributed by atoms with E-state index in [1.807, 2.05) is 31.0 Å². The highest BCUT2D eigenvalue weighted by atomic mass is 32.1. The summed E-state index contributed by atoms with van der Waals surface area (Å²) in [6.07, 6.45) is 7.34. The third kappa shape index (κ3) is 8.10. The number of anilines is 2. The number of rotatable bonds is 12. The zero-order chi connectivity index (χ0) is 48.0. The highest BCUT2D eigenvalue weighted by molar-refractivity contribution is 7.23. The molecule has 2 atom stereocenters. The van der Waals surface area contributed by atoms with Crippen molar-refractivity contribution in [3.05, 3.63) is 108 Å². The van der Waals surface area contributed by atoms with E-state index >= 15 is 0 Å². The van der Waals surface area contributed by atoms with Crippen LogP contribution in [0.1, 0.15) is 58.3 Å². The van der Waals surface area contributed by atoms with Crippen LogP contribution in [0.3, 0.4) is 0 Å². The van der Waals surface area contributed by atoms with Crippen LogP contribution in [-0.2, 0) is 32.3 Å². The molecule has 2 amide bonds. The second-order valence-electron chi connectivity index (χ2n) is 17.1. The van der Waals surface area contributed by atoms with Gasteiger partial charge >= 0.3 is 0 Å². The van der Waals surface area contributed by atoms with Crippen LogP contribution < -0.4 is 20.9 Å². The van der Waals surface area contributed by atoms with Crippen molar-refractivity contribution in [1.82, 2.24) is 39.0 Å². The maximum Gasteiger partial charge on any atom is 0.245 e. The molecule has 2 fully saturated rings. The lowest BCUT2D eigenvalue weighted by Crippen LogP contribution is -2.26. The van der Waals surface area contributed by atoms with Gasteiger partial charge in [0.2, 0.25) is 11.8 Å². The number of benzene rings is 2. The Bertz CT molecular complexity index is 3060. The zero-order valence-electron chi connectivity index (χ0n) is 39.0. The van der Waals surface area contributed by atoms with Crippen molar-refractivity contribution in [2.24, 2.45) is 0 Å². The second-order valence-corrected chi connectivity index (χ2v) is 19.2. The smallest absolute Gasteiger partial charge is 0.245 e. The summed E-state index contributed by atoms with van der Waals surface area (Å²) in [4.78, 5) is 38.9. The van der Waals surface area contributed by atoms with Gasteiger partial charge in [-0.15, -0.1) is 22.7 Å². The number of nitrogens with zero attached hydrogens (tertiary/aromatic N) is 8. The number of carbonyl (C=O) groups excluding carboxylic acids is 2. The number of ether oxygens (including phenoxy) is 4. The molecule has 0 unspecified atom stereocenters. The van der Waals surface area contributed by atoms with E-state index in [0.29, 0.717) is 51.0 Å². The molecule has 0 bridgehead atoms. The SMILES string of the molecule is C=CC(=O)N1CC[C@@H](c2c(COC)c(-c3cc4cc(C)cc(OC)c4s3)c3c(N)ncnn23)C1.C=CC(=O)N1CC[C@H](c2c(COC)c(-c3cc4cc(C)cc(OC)c4s3)c3c(N)ncnn23)C1. The quantitative estimate of drug-likeness (QED) is 0.112. The number of aromatic nitrogens is 6. The van der Waals surface area contributed by atoms with E-state index in [2.05, 4.69) is 71.4 Å². The average molecular weight is 955 g/mol. The fraction of sp³-hybridized carbons (Fsp3) is 0.320. The molecule has 2 aliphatic heterocycles. The predicted octanol–water partition coefficient (Wildman–Crippen LogP) is 8.32. The van der Waals surface area contributed by atoms with Crippen molar-refractivity contribution < 1.29 is 28.5 Å². The van der Waals surface area contributed by atoms with E-state index in [1.165, 1.54) is 24.8 Å². The summed E-state index contributed by atoms with van der Waals surface area (Å²) < 4.78 is 28.6. The maximum absolute atomic E-state index is 12.3. The standard InChI is InChI=1S/2C25H27N5O3S/c2*1-5-20(31)29-7-6-15(11-29)22-17(12-32-3)21(23-25(26)27-13-28-30(22)23)19-10-16-8-14(2)9-18(33-4)24(16)34-19/h2*5,8-10,13,15H,1,6-7,11-12H2,2-4H3,(H2,26,27,28)/t2*15-/m10/s1. The summed E-state index contributed by atoms with van der Waals surface area (Å²) >= 11 is 3.31. The Morgan fingerprint density at radius 3 is 1.46 bits per heavy atom. The normalized spacial score (nSPS) is 16.0. The largest absolute Gasteiger partial charge is 0.495 e. The van der Waals surface area contributed by atoms with Crippen LogP contribution in [0.2, 0.25) is 0 Å². The van der Waals surface area contributed by atoms with Gasteiger partial charge in [0, 0.05) is 84.2 Å². The van der Waals surface area contributed by atoms with E-state index in [0.717, 1.165) is 110 Å². The summed E-state index contributed by atoms with van der Waals surface area (Å²) in [5.74, 6) is 2.59. The minimum atomic E-state index is -0.0574.